The number of ether oxygens (including phenoxy) is 3. The molecule has 3 nitrogen and oxygen atoms in total. The minimum Gasteiger partial charge on any atom is -0.371 e. The van der Waals surface area contributed by atoms with E-state index in [0.29, 0.717) is 23.2 Å². The first-order valence-electron chi connectivity index (χ1n) is 14.0. The van der Waals surface area contributed by atoms with Gasteiger partial charge in [-0.05, 0) is 83.0 Å². The van der Waals surface area contributed by atoms with Gasteiger partial charge in [0.2, 0.25) is 0 Å². The highest BCUT2D eigenvalue weighted by Crippen LogP contribution is 2.49. The number of rotatable bonds is 18. The van der Waals surface area contributed by atoms with Crippen LogP contribution in [0.2, 0.25) is 0 Å². The van der Waals surface area contributed by atoms with Crippen molar-refractivity contribution in [1.82, 2.24) is 0 Å². The van der Waals surface area contributed by atoms with Gasteiger partial charge in [0.05, 0.1) is 24.3 Å². The first kappa shape index (κ1) is 34.0. The molecule has 0 spiro atoms. The molecule has 0 aromatic rings. The molecule has 1 rings (SSSR count). The van der Waals surface area contributed by atoms with E-state index < -0.39 is 4.93 Å². The maximum atomic E-state index is 6.59. The molecule has 0 amide bonds. The van der Waals surface area contributed by atoms with Crippen molar-refractivity contribution in [2.24, 2.45) is 22.7 Å². The lowest BCUT2D eigenvalue weighted by Gasteiger charge is -2.47. The van der Waals surface area contributed by atoms with Crippen LogP contribution in [-0.4, -0.2) is 39.9 Å². The predicted octanol–water partition coefficient (Wildman–Crippen LogP) is 9.25. The predicted molar refractivity (Wildman–Crippen MR) is 162 cm³/mol. The molecular weight excluding hydrogens is 493 g/mol. The van der Waals surface area contributed by atoms with Gasteiger partial charge in [0, 0.05) is 11.2 Å². The van der Waals surface area contributed by atoms with Crippen LogP contribution in [0.5, 0.6) is 0 Å². The molecule has 0 heterocycles. The van der Waals surface area contributed by atoms with Crippen LogP contribution in [0.25, 0.3) is 0 Å². The molecule has 35 heavy (non-hydrogen) atoms. The van der Waals surface area contributed by atoms with Crippen molar-refractivity contribution in [2.75, 3.05) is 18.3 Å². The summed E-state index contributed by atoms with van der Waals surface area (Å²) in [5.74, 6) is 2.53. The van der Waals surface area contributed by atoms with Crippen LogP contribution in [-0.2, 0) is 14.2 Å². The van der Waals surface area contributed by atoms with E-state index in [0.717, 1.165) is 44.5 Å². The second-order valence-corrected chi connectivity index (χ2v) is 15.2. The van der Waals surface area contributed by atoms with Gasteiger partial charge in [-0.1, -0.05) is 67.2 Å². The van der Waals surface area contributed by atoms with Crippen molar-refractivity contribution in [2.45, 2.75) is 143 Å². The Balaban J connectivity index is 2.76. The molecule has 210 valence electrons. The number of thioether (sulfide) groups is 1. The average molecular weight is 551 g/mol. The molecule has 0 bridgehead atoms. The van der Waals surface area contributed by atoms with Gasteiger partial charge in [0.15, 0.2) is 0 Å². The zero-order valence-electron chi connectivity index (χ0n) is 24.8. The normalized spacial score (nSPS) is 24.3. The van der Waals surface area contributed by atoms with E-state index in [-0.39, 0.29) is 22.1 Å². The highest BCUT2D eigenvalue weighted by molar-refractivity contribution is 8.00. The Morgan fingerprint density at radius 3 is 1.97 bits per heavy atom. The fourth-order valence-corrected chi connectivity index (χ4v) is 7.12. The van der Waals surface area contributed by atoms with Crippen LogP contribution in [0.15, 0.2) is 0 Å². The molecule has 5 unspecified atom stereocenters. The van der Waals surface area contributed by atoms with Crippen molar-refractivity contribution in [3.05, 3.63) is 0 Å². The molecule has 0 N–H and O–H groups in total. The zero-order chi connectivity index (χ0) is 27.1. The summed E-state index contributed by atoms with van der Waals surface area (Å²) in [5, 5.41) is 0. The van der Waals surface area contributed by atoms with Crippen molar-refractivity contribution in [1.29, 1.82) is 0 Å². The van der Waals surface area contributed by atoms with E-state index in [1.165, 1.54) is 12.8 Å². The molecule has 1 aliphatic carbocycles. The molecular formula is C29H58O3S3. The molecule has 0 aromatic heterocycles. The number of hydrogen-bond acceptors (Lipinski definition) is 6. The summed E-state index contributed by atoms with van der Waals surface area (Å²) in [5.41, 5.74) is 0.0601. The molecule has 6 heteroatoms. The highest BCUT2D eigenvalue weighted by atomic mass is 32.2. The van der Waals surface area contributed by atoms with E-state index in [1.807, 2.05) is 0 Å². The lowest BCUT2D eigenvalue weighted by atomic mass is 9.63. The summed E-state index contributed by atoms with van der Waals surface area (Å²) in [6.07, 6.45) is 7.49. The first-order chi connectivity index (χ1) is 16.0. The smallest absolute Gasteiger partial charge is 0.115 e. The monoisotopic (exact) mass is 550 g/mol. The summed E-state index contributed by atoms with van der Waals surface area (Å²) in [7, 11) is 0. The van der Waals surface area contributed by atoms with E-state index in [2.05, 4.69) is 88.8 Å². The topological polar surface area (TPSA) is 27.7 Å². The largest absolute Gasteiger partial charge is 0.371 e. The van der Waals surface area contributed by atoms with Gasteiger partial charge in [-0.15, -0.1) is 12.6 Å². The molecule has 0 aliphatic heterocycles. The van der Waals surface area contributed by atoms with E-state index in [1.54, 1.807) is 11.8 Å². The lowest BCUT2D eigenvalue weighted by Crippen LogP contribution is -2.46. The van der Waals surface area contributed by atoms with Gasteiger partial charge < -0.3 is 14.2 Å². The summed E-state index contributed by atoms with van der Waals surface area (Å²) in [4.78, 5) is -0.773. The molecule has 1 saturated carbocycles. The summed E-state index contributed by atoms with van der Waals surface area (Å²) in [6, 6.07) is 0. The fraction of sp³-hybridized carbons (Fsp3) is 1.00. The lowest BCUT2D eigenvalue weighted by molar-refractivity contribution is -0.110. The van der Waals surface area contributed by atoms with Crippen molar-refractivity contribution >= 4 is 37.0 Å². The Hall–Kier alpha value is 0.930. The highest BCUT2D eigenvalue weighted by Gasteiger charge is 2.45. The molecule has 0 saturated heterocycles. The summed E-state index contributed by atoms with van der Waals surface area (Å²) >= 11 is 11.5. The Kier molecular flexibility index (Phi) is 13.4. The van der Waals surface area contributed by atoms with Crippen molar-refractivity contribution in [3.8, 4) is 0 Å². The second kappa shape index (κ2) is 13.8. The maximum Gasteiger partial charge on any atom is 0.115 e. The zero-order valence-corrected chi connectivity index (χ0v) is 27.4. The van der Waals surface area contributed by atoms with Crippen LogP contribution < -0.4 is 0 Å². The maximum absolute atomic E-state index is 6.59. The first-order valence-corrected chi connectivity index (χ1v) is 16.0. The van der Waals surface area contributed by atoms with Crippen LogP contribution in [0.1, 0.15) is 121 Å². The van der Waals surface area contributed by atoms with Crippen LogP contribution in [0.3, 0.4) is 0 Å². The third-order valence-electron chi connectivity index (χ3n) is 8.83. The number of thiol groups is 2. The minimum absolute atomic E-state index is 0.0955. The Bertz CT molecular complexity index is 620. The van der Waals surface area contributed by atoms with Gasteiger partial charge in [-0.25, -0.2) is 0 Å². The van der Waals surface area contributed by atoms with E-state index in [9.17, 15) is 0 Å². The third-order valence-corrected chi connectivity index (χ3v) is 11.6. The Morgan fingerprint density at radius 2 is 1.57 bits per heavy atom. The summed E-state index contributed by atoms with van der Waals surface area (Å²) in [6.45, 7) is 25.5. The van der Waals surface area contributed by atoms with Crippen LogP contribution in [0.4, 0.5) is 0 Å². The van der Waals surface area contributed by atoms with Gasteiger partial charge in [0.1, 0.15) is 9.87 Å². The fourth-order valence-electron chi connectivity index (χ4n) is 5.45. The van der Waals surface area contributed by atoms with E-state index in [4.69, 9.17) is 26.8 Å². The SMILES string of the molecule is CCC(CC)(OCC1CCC1(C)C)SCOC(C)(S)C(C)(CC)CC(C)OC(C)(CS)CC(C)C. The van der Waals surface area contributed by atoms with E-state index >= 15 is 0 Å². The van der Waals surface area contributed by atoms with Gasteiger partial charge in [-0.2, -0.15) is 12.6 Å². The third kappa shape index (κ3) is 9.56. The standard InChI is InChI=1S/C29H58O3S3/c1-12-26(9,18-23(6)32-27(10,20-33)17-22(4)5)28(11,34)31-21-35-29(13-2,14-3)30-19-24-15-16-25(24,7)8/h22-24,33-34H,12-21H2,1-11H3. The van der Waals surface area contributed by atoms with Crippen molar-refractivity contribution in [3.63, 3.8) is 0 Å². The minimum atomic E-state index is -0.578. The molecule has 1 aliphatic rings. The average Bonchev–Trinajstić information content (AvgIpc) is 2.76. The molecule has 0 aromatic carbocycles. The quantitative estimate of drug-likeness (QED) is 0.131. The Morgan fingerprint density at radius 1 is 0.971 bits per heavy atom. The Labute approximate surface area is 234 Å². The molecule has 1 fully saturated rings. The van der Waals surface area contributed by atoms with Gasteiger partial charge in [-0.3, -0.25) is 0 Å². The van der Waals surface area contributed by atoms with Gasteiger partial charge in [0.25, 0.3) is 0 Å². The number of hydrogen-bond donors (Lipinski definition) is 2. The second-order valence-electron chi connectivity index (χ2n) is 12.8. The van der Waals surface area contributed by atoms with Crippen LogP contribution >= 0.6 is 37.0 Å². The molecule has 5 atom stereocenters. The van der Waals surface area contributed by atoms with Crippen molar-refractivity contribution < 1.29 is 14.2 Å². The summed E-state index contributed by atoms with van der Waals surface area (Å²) < 4.78 is 19.7. The van der Waals surface area contributed by atoms with Crippen LogP contribution in [0, 0.1) is 22.7 Å². The van der Waals surface area contributed by atoms with Gasteiger partial charge >= 0.3 is 0 Å². The molecule has 0 radical (unpaired) electrons.